The topological polar surface area (TPSA) is 38.3 Å². The highest BCUT2D eigenvalue weighted by Gasteiger charge is 1.91. The van der Waals surface area contributed by atoms with Gasteiger partial charge in [-0.25, -0.2) is 4.79 Å². The number of amides is 1. The second kappa shape index (κ2) is 4.00. The molecule has 0 aromatic carbocycles. The Labute approximate surface area is 48.0 Å². The second-order valence-electron chi connectivity index (χ2n) is 0.957. The number of alkyl carbamates (subject to hydrolysis) is 1. The van der Waals surface area contributed by atoms with Crippen molar-refractivity contribution in [2.75, 3.05) is 6.61 Å². The molecule has 8 heavy (non-hydrogen) atoms. The van der Waals surface area contributed by atoms with Crippen LogP contribution >= 0.6 is 0 Å². The number of terminal acetylenes is 1. The first kappa shape index (κ1) is 6.83. The number of carbonyl (C=O) groups excluding carboxylic acids is 1. The summed E-state index contributed by atoms with van der Waals surface area (Å²) in [6.45, 7) is -0.0125. The van der Waals surface area contributed by atoms with Crippen molar-refractivity contribution >= 4 is 6.09 Å². The monoisotopic (exact) mass is 112 g/mol. The summed E-state index contributed by atoms with van der Waals surface area (Å²) in [6.07, 6.45) is 4.15. The van der Waals surface area contributed by atoms with Crippen molar-refractivity contribution in [2.24, 2.45) is 0 Å². The predicted octanol–water partition coefficient (Wildman–Crippen LogP) is 0.137. The molecular weight excluding hydrogens is 106 g/mol. The molecule has 43 valence electrons. The summed E-state index contributed by atoms with van der Waals surface area (Å²) >= 11 is 0. The zero-order valence-electron chi connectivity index (χ0n) is 4.31. The minimum atomic E-state index is -0.608. The van der Waals surface area contributed by atoms with Crippen molar-refractivity contribution in [2.45, 2.75) is 0 Å². The van der Waals surface area contributed by atoms with Gasteiger partial charge in [0.2, 0.25) is 0 Å². The number of rotatable bonds is 1. The molecular formula is C5H6NO2. The van der Waals surface area contributed by atoms with Crippen LogP contribution in [0, 0.1) is 19.4 Å². The van der Waals surface area contributed by atoms with Crippen molar-refractivity contribution in [3.05, 3.63) is 7.05 Å². The normalized spacial score (nSPS) is 7.00. The molecule has 0 aromatic heterocycles. The SMILES string of the molecule is C#CCOC(=O)N[CH2]. The Morgan fingerprint density at radius 3 is 3.00 bits per heavy atom. The second-order valence-corrected chi connectivity index (χ2v) is 0.957. The van der Waals surface area contributed by atoms with E-state index in [0.29, 0.717) is 0 Å². The molecule has 3 nitrogen and oxygen atoms in total. The van der Waals surface area contributed by atoms with E-state index in [2.05, 4.69) is 17.7 Å². The summed E-state index contributed by atoms with van der Waals surface area (Å²) < 4.78 is 4.29. The molecule has 0 saturated heterocycles. The predicted molar refractivity (Wildman–Crippen MR) is 28.7 cm³/mol. The molecule has 1 amide bonds. The van der Waals surface area contributed by atoms with Crippen LogP contribution in [0.1, 0.15) is 0 Å². The van der Waals surface area contributed by atoms with E-state index in [1.165, 1.54) is 0 Å². The molecule has 0 rings (SSSR count). The Hall–Kier alpha value is -1.17. The third-order valence-electron chi connectivity index (χ3n) is 0.431. The molecule has 0 spiro atoms. The highest BCUT2D eigenvalue weighted by atomic mass is 16.5. The number of hydrogen-bond donors (Lipinski definition) is 1. The molecule has 1 radical (unpaired) electrons. The fraction of sp³-hybridized carbons (Fsp3) is 0.200. The Bertz CT molecular complexity index is 114. The van der Waals surface area contributed by atoms with Crippen LogP contribution in [0.3, 0.4) is 0 Å². The van der Waals surface area contributed by atoms with Gasteiger partial charge in [-0.2, -0.15) is 0 Å². The fourth-order valence-electron chi connectivity index (χ4n) is 0.158. The van der Waals surface area contributed by atoms with E-state index >= 15 is 0 Å². The van der Waals surface area contributed by atoms with Gasteiger partial charge < -0.3 is 10.1 Å². The largest absolute Gasteiger partial charge is 0.436 e. The molecule has 0 aromatic rings. The maximum Gasteiger partial charge on any atom is 0.408 e. The highest BCUT2D eigenvalue weighted by molar-refractivity contribution is 5.67. The molecule has 0 fully saturated rings. The Balaban J connectivity index is 3.15. The molecule has 0 aliphatic carbocycles. The molecule has 1 N–H and O–H groups in total. The van der Waals surface area contributed by atoms with Gasteiger partial charge in [0.1, 0.15) is 0 Å². The van der Waals surface area contributed by atoms with Crippen LogP contribution < -0.4 is 5.32 Å². The van der Waals surface area contributed by atoms with Crippen molar-refractivity contribution in [1.82, 2.24) is 5.32 Å². The summed E-state index contributed by atoms with van der Waals surface area (Å²) in [6, 6.07) is 0. The minimum Gasteiger partial charge on any atom is -0.436 e. The molecule has 0 aliphatic rings. The van der Waals surface area contributed by atoms with E-state index in [0.717, 1.165) is 0 Å². The minimum absolute atomic E-state index is 0.0125. The zero-order chi connectivity index (χ0) is 6.41. The van der Waals surface area contributed by atoms with Crippen LogP contribution in [0.25, 0.3) is 0 Å². The van der Waals surface area contributed by atoms with E-state index in [4.69, 9.17) is 6.42 Å². The standard InChI is InChI=1S/C5H6NO2/c1-3-4-8-5(7)6-2/h1H,2,4H2,(H,6,7). The number of carbonyl (C=O) groups is 1. The molecule has 0 bridgehead atoms. The summed E-state index contributed by atoms with van der Waals surface area (Å²) in [7, 11) is 3.05. The van der Waals surface area contributed by atoms with Crippen molar-refractivity contribution in [1.29, 1.82) is 0 Å². The first-order valence-corrected chi connectivity index (χ1v) is 1.94. The third kappa shape index (κ3) is 3.04. The molecule has 0 saturated carbocycles. The quantitative estimate of drug-likeness (QED) is 0.490. The summed E-state index contributed by atoms with van der Waals surface area (Å²) in [4.78, 5) is 10.1. The van der Waals surface area contributed by atoms with Crippen molar-refractivity contribution in [3.8, 4) is 12.3 Å². The lowest BCUT2D eigenvalue weighted by atomic mass is 10.8. The van der Waals surface area contributed by atoms with Gasteiger partial charge in [0, 0.05) is 7.05 Å². The lowest BCUT2D eigenvalue weighted by Crippen LogP contribution is -2.16. The van der Waals surface area contributed by atoms with E-state index in [-0.39, 0.29) is 6.61 Å². The lowest BCUT2D eigenvalue weighted by Gasteiger charge is -1.95. The molecule has 0 aliphatic heterocycles. The summed E-state index contributed by atoms with van der Waals surface area (Å²) in [5, 5.41) is 1.99. The molecule has 3 heteroatoms. The maximum atomic E-state index is 10.1. The van der Waals surface area contributed by atoms with Crippen LogP contribution in [0.2, 0.25) is 0 Å². The molecule has 0 atom stereocenters. The first-order valence-electron chi connectivity index (χ1n) is 1.94. The van der Waals surface area contributed by atoms with Crippen LogP contribution in [-0.2, 0) is 4.74 Å². The van der Waals surface area contributed by atoms with Gasteiger partial charge in [0.25, 0.3) is 0 Å². The first-order chi connectivity index (χ1) is 3.81. The van der Waals surface area contributed by atoms with E-state index in [1.807, 2.05) is 5.32 Å². The van der Waals surface area contributed by atoms with Gasteiger partial charge in [0.05, 0.1) is 0 Å². The van der Waals surface area contributed by atoms with Gasteiger partial charge in [0.15, 0.2) is 6.61 Å². The van der Waals surface area contributed by atoms with E-state index in [9.17, 15) is 4.79 Å². The average molecular weight is 112 g/mol. The third-order valence-corrected chi connectivity index (χ3v) is 0.431. The van der Waals surface area contributed by atoms with Crippen LogP contribution in [0.5, 0.6) is 0 Å². The Kier molecular flexibility index (Phi) is 3.42. The van der Waals surface area contributed by atoms with Gasteiger partial charge in [-0.15, -0.1) is 6.42 Å². The summed E-state index contributed by atoms with van der Waals surface area (Å²) in [5.41, 5.74) is 0. The van der Waals surface area contributed by atoms with Crippen molar-refractivity contribution < 1.29 is 9.53 Å². The number of ether oxygens (including phenoxy) is 1. The smallest absolute Gasteiger partial charge is 0.408 e. The summed E-state index contributed by atoms with van der Waals surface area (Å²) in [5.74, 6) is 2.12. The van der Waals surface area contributed by atoms with E-state index in [1.54, 1.807) is 0 Å². The van der Waals surface area contributed by atoms with Crippen LogP contribution in [-0.4, -0.2) is 12.7 Å². The maximum absolute atomic E-state index is 10.1. The van der Waals surface area contributed by atoms with Gasteiger partial charge in [-0.1, -0.05) is 5.92 Å². The van der Waals surface area contributed by atoms with E-state index < -0.39 is 6.09 Å². The van der Waals surface area contributed by atoms with Gasteiger partial charge in [-0.3, -0.25) is 0 Å². The van der Waals surface area contributed by atoms with Gasteiger partial charge >= 0.3 is 6.09 Å². The average Bonchev–Trinajstić information content (AvgIpc) is 1.83. The molecule has 0 heterocycles. The van der Waals surface area contributed by atoms with Crippen molar-refractivity contribution in [3.63, 3.8) is 0 Å². The number of hydrogen-bond acceptors (Lipinski definition) is 2. The highest BCUT2D eigenvalue weighted by Crippen LogP contribution is 1.71. The number of nitrogens with one attached hydrogen (secondary N) is 1. The van der Waals surface area contributed by atoms with Gasteiger partial charge in [-0.05, 0) is 0 Å². The van der Waals surface area contributed by atoms with Crippen LogP contribution in [0.15, 0.2) is 0 Å². The fourth-order valence-corrected chi connectivity index (χ4v) is 0.158. The lowest BCUT2D eigenvalue weighted by molar-refractivity contribution is 0.164. The molecule has 0 unspecified atom stereocenters. The Morgan fingerprint density at radius 2 is 2.62 bits per heavy atom. The Morgan fingerprint density at radius 1 is 2.00 bits per heavy atom. The van der Waals surface area contributed by atoms with Crippen LogP contribution in [0.4, 0.5) is 4.79 Å². The zero-order valence-corrected chi connectivity index (χ0v) is 4.31.